The number of sulfone groups is 1. The largest absolute Gasteiger partial charge is 0.354 e. The molecule has 0 aliphatic heterocycles. The maximum atomic E-state index is 12.4. The molecule has 28 heavy (non-hydrogen) atoms. The number of carbonyl (C=O) groups is 1. The number of nitrogens with one attached hydrogen (secondary N) is 1. The molecule has 0 spiro atoms. The van der Waals surface area contributed by atoms with E-state index in [0.717, 1.165) is 24.2 Å². The van der Waals surface area contributed by atoms with Crippen LogP contribution in [0.1, 0.15) is 37.4 Å². The van der Waals surface area contributed by atoms with E-state index in [0.29, 0.717) is 6.54 Å². The van der Waals surface area contributed by atoms with Gasteiger partial charge in [-0.05, 0) is 37.7 Å². The molecule has 1 unspecified atom stereocenters. The van der Waals surface area contributed by atoms with Crippen LogP contribution in [0.4, 0.5) is 0 Å². The molecule has 2 rings (SSSR count). The Balaban J connectivity index is 1.96. The summed E-state index contributed by atoms with van der Waals surface area (Å²) in [6, 6.07) is 16.8. The van der Waals surface area contributed by atoms with Crippen LogP contribution in [0.2, 0.25) is 0 Å². The van der Waals surface area contributed by atoms with Crippen molar-refractivity contribution in [2.24, 2.45) is 0 Å². The second-order valence-corrected chi connectivity index (χ2v) is 8.94. The number of hydrogen-bond donors (Lipinski definition) is 1. The molecule has 0 aliphatic rings. The zero-order chi connectivity index (χ0) is 20.6. The average molecular weight is 403 g/mol. The molecule has 0 saturated heterocycles. The van der Waals surface area contributed by atoms with E-state index in [-0.39, 0.29) is 29.0 Å². The first-order valence-electron chi connectivity index (χ1n) is 9.72. The molecule has 0 aromatic heterocycles. The van der Waals surface area contributed by atoms with Crippen molar-refractivity contribution >= 4 is 15.7 Å². The summed E-state index contributed by atoms with van der Waals surface area (Å²) < 4.78 is 24.8. The predicted molar refractivity (Wildman–Crippen MR) is 113 cm³/mol. The molecule has 2 aromatic carbocycles. The third-order valence-corrected chi connectivity index (χ3v) is 6.64. The van der Waals surface area contributed by atoms with Crippen molar-refractivity contribution in [2.45, 2.75) is 38.1 Å². The molecule has 1 amide bonds. The molecular formula is C22H30N2O3S. The van der Waals surface area contributed by atoms with E-state index in [2.05, 4.69) is 36.2 Å². The van der Waals surface area contributed by atoms with Crippen LogP contribution in [0.25, 0.3) is 0 Å². The first-order chi connectivity index (χ1) is 13.4. The molecule has 1 N–H and O–H groups in total. The molecule has 0 fully saturated rings. The maximum Gasteiger partial charge on any atom is 0.221 e. The van der Waals surface area contributed by atoms with Crippen LogP contribution >= 0.6 is 0 Å². The van der Waals surface area contributed by atoms with Crippen LogP contribution < -0.4 is 5.32 Å². The Morgan fingerprint density at radius 3 is 2.18 bits per heavy atom. The molecular weight excluding hydrogens is 372 g/mol. The fraction of sp³-hybridized carbons (Fsp3) is 0.409. The Morgan fingerprint density at radius 2 is 1.61 bits per heavy atom. The molecule has 0 heterocycles. The van der Waals surface area contributed by atoms with E-state index < -0.39 is 9.84 Å². The minimum Gasteiger partial charge on any atom is -0.354 e. The minimum absolute atomic E-state index is 0.0457. The highest BCUT2D eigenvalue weighted by atomic mass is 32.2. The molecule has 152 valence electrons. The molecule has 0 aliphatic carbocycles. The van der Waals surface area contributed by atoms with Crippen molar-refractivity contribution in [1.29, 1.82) is 0 Å². The third kappa shape index (κ3) is 6.17. The highest BCUT2D eigenvalue weighted by Gasteiger charge is 2.20. The van der Waals surface area contributed by atoms with Gasteiger partial charge in [-0.25, -0.2) is 8.42 Å². The number of hydrogen-bond acceptors (Lipinski definition) is 4. The standard InChI is InChI=1S/C22H30N2O3S/c1-4-24(5-2)21(19-9-7-6-8-10-19)17-23-22(25)15-16-28(26,27)20-13-11-18(3)12-14-20/h6-14,21H,4-5,15-17H2,1-3H3,(H,23,25). The Bertz CT molecular complexity index is 845. The Kier molecular flexibility index (Phi) is 8.20. The van der Waals surface area contributed by atoms with Gasteiger partial charge in [-0.3, -0.25) is 9.69 Å². The SMILES string of the molecule is CCN(CC)C(CNC(=O)CCS(=O)(=O)c1ccc(C)cc1)c1ccccc1. The number of rotatable bonds is 10. The molecule has 0 radical (unpaired) electrons. The van der Waals surface area contributed by atoms with Gasteiger partial charge in [-0.1, -0.05) is 61.9 Å². The van der Waals surface area contributed by atoms with Crippen molar-refractivity contribution < 1.29 is 13.2 Å². The van der Waals surface area contributed by atoms with E-state index in [1.54, 1.807) is 24.3 Å². The quantitative estimate of drug-likeness (QED) is 0.662. The van der Waals surface area contributed by atoms with E-state index in [9.17, 15) is 13.2 Å². The van der Waals surface area contributed by atoms with Gasteiger partial charge >= 0.3 is 0 Å². The van der Waals surface area contributed by atoms with E-state index >= 15 is 0 Å². The van der Waals surface area contributed by atoms with Gasteiger partial charge in [-0.2, -0.15) is 0 Å². The summed E-state index contributed by atoms with van der Waals surface area (Å²) >= 11 is 0. The minimum atomic E-state index is -3.46. The Labute approximate surface area is 168 Å². The fourth-order valence-corrected chi connectivity index (χ4v) is 4.43. The molecule has 6 heteroatoms. The number of nitrogens with zero attached hydrogens (tertiary/aromatic N) is 1. The Hall–Kier alpha value is -2.18. The third-order valence-electron chi connectivity index (χ3n) is 4.91. The highest BCUT2D eigenvalue weighted by Crippen LogP contribution is 2.19. The van der Waals surface area contributed by atoms with Gasteiger partial charge in [0, 0.05) is 13.0 Å². The fourth-order valence-electron chi connectivity index (χ4n) is 3.19. The normalized spacial score (nSPS) is 12.7. The summed E-state index contributed by atoms with van der Waals surface area (Å²) in [5.41, 5.74) is 2.14. The Morgan fingerprint density at radius 1 is 1.00 bits per heavy atom. The van der Waals surface area contributed by atoms with Crippen LogP contribution in [0, 0.1) is 6.92 Å². The summed E-state index contributed by atoms with van der Waals surface area (Å²) in [6.07, 6.45) is -0.0457. The van der Waals surface area contributed by atoms with E-state index in [1.807, 2.05) is 25.1 Å². The van der Waals surface area contributed by atoms with Gasteiger partial charge in [0.25, 0.3) is 0 Å². The summed E-state index contributed by atoms with van der Waals surface area (Å²) in [5, 5.41) is 2.92. The smallest absolute Gasteiger partial charge is 0.221 e. The monoisotopic (exact) mass is 402 g/mol. The molecule has 1 atom stereocenters. The van der Waals surface area contributed by atoms with Crippen LogP contribution in [-0.4, -0.2) is 44.6 Å². The lowest BCUT2D eigenvalue weighted by Gasteiger charge is -2.30. The van der Waals surface area contributed by atoms with Gasteiger partial charge in [0.1, 0.15) is 0 Å². The van der Waals surface area contributed by atoms with Gasteiger partial charge in [0.2, 0.25) is 5.91 Å². The zero-order valence-corrected chi connectivity index (χ0v) is 17.7. The van der Waals surface area contributed by atoms with Crippen molar-refractivity contribution in [3.05, 3.63) is 65.7 Å². The van der Waals surface area contributed by atoms with E-state index in [4.69, 9.17) is 0 Å². The number of likely N-dealkylation sites (N-methyl/N-ethyl adjacent to an activating group) is 1. The lowest BCUT2D eigenvalue weighted by atomic mass is 10.1. The molecule has 5 nitrogen and oxygen atoms in total. The summed E-state index contributed by atoms with van der Waals surface area (Å²) in [4.78, 5) is 14.9. The van der Waals surface area contributed by atoms with Gasteiger partial charge in [0.05, 0.1) is 16.7 Å². The predicted octanol–water partition coefficient (Wildman–Crippen LogP) is 3.36. The van der Waals surface area contributed by atoms with E-state index in [1.165, 1.54) is 0 Å². The van der Waals surface area contributed by atoms with Gasteiger partial charge in [0.15, 0.2) is 9.84 Å². The average Bonchev–Trinajstić information content (AvgIpc) is 2.70. The lowest BCUT2D eigenvalue weighted by Crippen LogP contribution is -2.38. The number of amides is 1. The number of benzene rings is 2. The second-order valence-electron chi connectivity index (χ2n) is 6.83. The summed E-state index contributed by atoms with van der Waals surface area (Å²) in [7, 11) is -3.46. The second kappa shape index (κ2) is 10.4. The zero-order valence-electron chi connectivity index (χ0n) is 16.9. The van der Waals surface area contributed by atoms with Crippen molar-refractivity contribution in [3.8, 4) is 0 Å². The van der Waals surface area contributed by atoms with Crippen LogP contribution in [0.3, 0.4) is 0 Å². The topological polar surface area (TPSA) is 66.5 Å². The summed E-state index contributed by atoms with van der Waals surface area (Å²) in [5.74, 6) is -0.438. The van der Waals surface area contributed by atoms with Crippen molar-refractivity contribution in [1.82, 2.24) is 10.2 Å². The number of aryl methyl sites for hydroxylation is 1. The highest BCUT2D eigenvalue weighted by molar-refractivity contribution is 7.91. The van der Waals surface area contributed by atoms with Crippen LogP contribution in [-0.2, 0) is 14.6 Å². The van der Waals surface area contributed by atoms with Crippen molar-refractivity contribution in [3.63, 3.8) is 0 Å². The summed E-state index contributed by atoms with van der Waals surface area (Å²) in [6.45, 7) is 8.28. The lowest BCUT2D eigenvalue weighted by molar-refractivity contribution is -0.121. The molecule has 0 saturated carbocycles. The van der Waals surface area contributed by atoms with Crippen LogP contribution in [0.5, 0.6) is 0 Å². The molecule has 0 bridgehead atoms. The first kappa shape index (κ1) is 22.1. The van der Waals surface area contributed by atoms with Gasteiger partial charge < -0.3 is 5.32 Å². The van der Waals surface area contributed by atoms with Crippen LogP contribution in [0.15, 0.2) is 59.5 Å². The molecule has 2 aromatic rings. The first-order valence-corrected chi connectivity index (χ1v) is 11.4. The number of carbonyl (C=O) groups excluding carboxylic acids is 1. The van der Waals surface area contributed by atoms with Gasteiger partial charge in [-0.15, -0.1) is 0 Å². The van der Waals surface area contributed by atoms with Crippen molar-refractivity contribution in [2.75, 3.05) is 25.4 Å². The maximum absolute atomic E-state index is 12.4.